The van der Waals surface area contributed by atoms with E-state index < -0.39 is 0 Å². The van der Waals surface area contributed by atoms with Crippen LogP contribution in [0.4, 0.5) is 0 Å². The molecule has 0 aliphatic rings. The van der Waals surface area contributed by atoms with Gasteiger partial charge in [0.1, 0.15) is 0 Å². The van der Waals surface area contributed by atoms with Gasteiger partial charge in [0, 0.05) is 19.0 Å². The zero-order valence-corrected chi connectivity index (χ0v) is 13.4. The fraction of sp³-hybridized carbons (Fsp3) is 0.562. The lowest BCUT2D eigenvalue weighted by molar-refractivity contribution is 0.248. The maximum atomic E-state index is 5.80. The molecule has 118 valence electrons. The van der Waals surface area contributed by atoms with E-state index >= 15 is 0 Å². The third-order valence-electron chi connectivity index (χ3n) is 2.85. The molecular weight excluding hydrogens is 266 g/mol. The van der Waals surface area contributed by atoms with E-state index in [0.717, 1.165) is 24.6 Å². The van der Waals surface area contributed by atoms with E-state index in [1.807, 2.05) is 24.3 Å². The summed E-state index contributed by atoms with van der Waals surface area (Å²) in [6.07, 6.45) is 0. The molecule has 0 fully saturated rings. The second-order valence-corrected chi connectivity index (χ2v) is 5.57. The molecule has 5 heteroatoms. The number of benzene rings is 1. The lowest BCUT2D eigenvalue weighted by Crippen LogP contribution is -2.36. The van der Waals surface area contributed by atoms with Gasteiger partial charge in [-0.15, -0.1) is 0 Å². The van der Waals surface area contributed by atoms with Gasteiger partial charge >= 0.3 is 0 Å². The Hall–Kier alpha value is -1.91. The summed E-state index contributed by atoms with van der Waals surface area (Å²) < 4.78 is 11.0. The molecule has 1 aromatic rings. The molecule has 0 radical (unpaired) electrons. The first-order chi connectivity index (χ1) is 10.0. The molecule has 5 nitrogen and oxygen atoms in total. The first kappa shape index (κ1) is 17.1. The number of hydrogen-bond donors (Lipinski definition) is 2. The van der Waals surface area contributed by atoms with Gasteiger partial charge in [0.2, 0.25) is 0 Å². The Morgan fingerprint density at radius 2 is 1.90 bits per heavy atom. The van der Waals surface area contributed by atoms with Gasteiger partial charge in [-0.25, -0.2) is 0 Å². The summed E-state index contributed by atoms with van der Waals surface area (Å²) in [5.41, 5.74) is 5.80. The quantitative estimate of drug-likeness (QED) is 0.570. The summed E-state index contributed by atoms with van der Waals surface area (Å²) in [6, 6.07) is 7.63. The number of nitrogens with two attached hydrogens (primary N) is 1. The average molecular weight is 293 g/mol. The van der Waals surface area contributed by atoms with Gasteiger partial charge in [-0.05, 0) is 18.1 Å². The molecule has 0 bridgehead atoms. The first-order valence-electron chi connectivity index (χ1n) is 7.32. The molecule has 0 aliphatic carbocycles. The minimum atomic E-state index is 0.308. The number of hydrogen-bond acceptors (Lipinski definition) is 3. The van der Waals surface area contributed by atoms with Gasteiger partial charge in [0.05, 0.1) is 13.7 Å². The fourth-order valence-corrected chi connectivity index (χ4v) is 1.64. The minimum absolute atomic E-state index is 0.308. The van der Waals surface area contributed by atoms with Crippen LogP contribution in [-0.4, -0.2) is 32.8 Å². The maximum Gasteiger partial charge on any atom is 0.188 e. The Balaban J connectivity index is 2.34. The molecule has 21 heavy (non-hydrogen) atoms. The van der Waals surface area contributed by atoms with Crippen molar-refractivity contribution in [2.45, 2.75) is 20.8 Å². The Bertz CT molecular complexity index is 447. The molecule has 1 aromatic carbocycles. The fourth-order valence-electron chi connectivity index (χ4n) is 1.64. The first-order valence-corrected chi connectivity index (χ1v) is 7.32. The third kappa shape index (κ3) is 6.88. The SMILES string of the molecule is COc1ccccc1OCC(C)CNC(N)=NCC(C)C. The minimum Gasteiger partial charge on any atom is -0.493 e. The molecule has 1 unspecified atom stereocenters. The van der Waals surface area contributed by atoms with E-state index in [4.69, 9.17) is 15.2 Å². The molecule has 0 amide bonds. The van der Waals surface area contributed by atoms with Crippen molar-refractivity contribution in [2.24, 2.45) is 22.6 Å². The number of para-hydroxylation sites is 2. The summed E-state index contributed by atoms with van der Waals surface area (Å²) >= 11 is 0. The van der Waals surface area contributed by atoms with E-state index in [2.05, 4.69) is 31.1 Å². The number of nitrogens with zero attached hydrogens (tertiary/aromatic N) is 1. The summed E-state index contributed by atoms with van der Waals surface area (Å²) in [5.74, 6) is 2.82. The van der Waals surface area contributed by atoms with Crippen molar-refractivity contribution in [1.82, 2.24) is 5.32 Å². The molecule has 0 aromatic heterocycles. The van der Waals surface area contributed by atoms with E-state index in [1.54, 1.807) is 7.11 Å². The van der Waals surface area contributed by atoms with Gasteiger partial charge in [-0.1, -0.05) is 32.9 Å². The van der Waals surface area contributed by atoms with Crippen molar-refractivity contribution in [3.63, 3.8) is 0 Å². The Labute approximate surface area is 127 Å². The highest BCUT2D eigenvalue weighted by molar-refractivity contribution is 5.77. The molecule has 0 aliphatic heterocycles. The maximum absolute atomic E-state index is 5.80. The predicted octanol–water partition coefficient (Wildman–Crippen LogP) is 2.27. The van der Waals surface area contributed by atoms with Gasteiger partial charge in [-0.2, -0.15) is 0 Å². The number of aliphatic imine (C=N–C) groups is 1. The average Bonchev–Trinajstić information content (AvgIpc) is 2.49. The van der Waals surface area contributed by atoms with Crippen molar-refractivity contribution < 1.29 is 9.47 Å². The van der Waals surface area contributed by atoms with Crippen molar-refractivity contribution >= 4 is 5.96 Å². The Morgan fingerprint density at radius 3 is 2.52 bits per heavy atom. The molecule has 1 rings (SSSR count). The van der Waals surface area contributed by atoms with Crippen LogP contribution in [0.15, 0.2) is 29.3 Å². The van der Waals surface area contributed by atoms with Crippen LogP contribution in [0.5, 0.6) is 11.5 Å². The monoisotopic (exact) mass is 293 g/mol. The third-order valence-corrected chi connectivity index (χ3v) is 2.85. The highest BCUT2D eigenvalue weighted by Gasteiger charge is 2.07. The van der Waals surface area contributed by atoms with Crippen molar-refractivity contribution in [3.05, 3.63) is 24.3 Å². The van der Waals surface area contributed by atoms with Crippen LogP contribution in [0.2, 0.25) is 0 Å². The lowest BCUT2D eigenvalue weighted by atomic mass is 10.2. The van der Waals surface area contributed by atoms with Crippen molar-refractivity contribution in [3.8, 4) is 11.5 Å². The molecule has 0 saturated heterocycles. The standard InChI is InChI=1S/C16H27N3O2/c1-12(2)9-18-16(17)19-10-13(3)11-21-15-8-6-5-7-14(15)20-4/h5-8,12-13H,9-11H2,1-4H3,(H3,17,18,19). The Kier molecular flexibility index (Phi) is 7.43. The summed E-state index contributed by atoms with van der Waals surface area (Å²) in [4.78, 5) is 4.26. The smallest absolute Gasteiger partial charge is 0.188 e. The highest BCUT2D eigenvalue weighted by Crippen LogP contribution is 2.26. The van der Waals surface area contributed by atoms with Crippen LogP contribution in [0.3, 0.4) is 0 Å². The summed E-state index contributed by atoms with van der Waals surface area (Å²) in [6.45, 7) is 8.37. The van der Waals surface area contributed by atoms with E-state index in [1.165, 1.54) is 0 Å². The van der Waals surface area contributed by atoms with Gasteiger partial charge in [0.25, 0.3) is 0 Å². The number of rotatable bonds is 8. The molecule has 1 atom stereocenters. The largest absolute Gasteiger partial charge is 0.493 e. The van der Waals surface area contributed by atoms with Crippen LogP contribution in [-0.2, 0) is 0 Å². The molecule has 0 saturated carbocycles. The zero-order chi connectivity index (χ0) is 15.7. The Morgan fingerprint density at radius 1 is 1.24 bits per heavy atom. The molecule has 0 heterocycles. The lowest BCUT2D eigenvalue weighted by Gasteiger charge is -2.16. The predicted molar refractivity (Wildman–Crippen MR) is 87.0 cm³/mol. The van der Waals surface area contributed by atoms with Gasteiger partial charge in [0.15, 0.2) is 17.5 Å². The van der Waals surface area contributed by atoms with E-state index in [9.17, 15) is 0 Å². The molecular formula is C16H27N3O2. The van der Waals surface area contributed by atoms with Gasteiger partial charge in [-0.3, -0.25) is 4.99 Å². The number of methoxy groups -OCH3 is 1. The zero-order valence-electron chi connectivity index (χ0n) is 13.4. The normalized spacial score (nSPS) is 13.1. The van der Waals surface area contributed by atoms with Crippen LogP contribution < -0.4 is 20.5 Å². The van der Waals surface area contributed by atoms with Crippen LogP contribution in [0, 0.1) is 11.8 Å². The number of ether oxygens (including phenoxy) is 2. The summed E-state index contributed by atoms with van der Waals surface area (Å²) in [5, 5.41) is 3.12. The second kappa shape index (κ2) is 9.10. The summed E-state index contributed by atoms with van der Waals surface area (Å²) in [7, 11) is 1.64. The van der Waals surface area contributed by atoms with Crippen LogP contribution in [0.25, 0.3) is 0 Å². The van der Waals surface area contributed by atoms with Crippen LogP contribution >= 0.6 is 0 Å². The second-order valence-electron chi connectivity index (χ2n) is 5.57. The van der Waals surface area contributed by atoms with E-state index in [-0.39, 0.29) is 0 Å². The highest BCUT2D eigenvalue weighted by atomic mass is 16.5. The number of guanidine groups is 1. The van der Waals surface area contributed by atoms with Gasteiger partial charge < -0.3 is 20.5 Å². The van der Waals surface area contributed by atoms with Crippen molar-refractivity contribution in [2.75, 3.05) is 26.8 Å². The molecule has 3 N–H and O–H groups in total. The van der Waals surface area contributed by atoms with E-state index in [0.29, 0.717) is 24.4 Å². The molecule has 0 spiro atoms. The van der Waals surface area contributed by atoms with Crippen molar-refractivity contribution in [1.29, 1.82) is 0 Å². The topological polar surface area (TPSA) is 68.9 Å². The van der Waals surface area contributed by atoms with Crippen LogP contribution in [0.1, 0.15) is 20.8 Å². The number of nitrogens with one attached hydrogen (secondary N) is 1.